The lowest BCUT2D eigenvalue weighted by molar-refractivity contribution is -0.384. The lowest BCUT2D eigenvalue weighted by Crippen LogP contribution is -2.00. The van der Waals surface area contributed by atoms with Crippen LogP contribution in [0.5, 0.6) is 0 Å². The van der Waals surface area contributed by atoms with Gasteiger partial charge in [0.15, 0.2) is 0 Å². The van der Waals surface area contributed by atoms with E-state index >= 15 is 0 Å². The van der Waals surface area contributed by atoms with E-state index in [0.29, 0.717) is 16.1 Å². The molecule has 0 aromatic heterocycles. The summed E-state index contributed by atoms with van der Waals surface area (Å²) in [5, 5.41) is 10.7. The van der Waals surface area contributed by atoms with Gasteiger partial charge in [-0.05, 0) is 36.2 Å². The maximum absolute atomic E-state index is 12.3. The maximum atomic E-state index is 12.3. The first kappa shape index (κ1) is 14.2. The highest BCUT2D eigenvalue weighted by molar-refractivity contribution is 7.84. The van der Waals surface area contributed by atoms with Crippen LogP contribution in [0, 0.1) is 17.0 Å². The molecule has 1 atom stereocenters. The van der Waals surface area contributed by atoms with Crippen molar-refractivity contribution in [3.63, 3.8) is 0 Å². The molecule has 0 amide bonds. The van der Waals surface area contributed by atoms with Gasteiger partial charge in [0, 0.05) is 22.7 Å². The monoisotopic (exact) mass is 290 g/mol. The number of hydrogen-bond acceptors (Lipinski definition) is 4. The van der Waals surface area contributed by atoms with Crippen molar-refractivity contribution in [3.05, 3.63) is 63.7 Å². The van der Waals surface area contributed by atoms with Gasteiger partial charge < -0.3 is 5.73 Å². The van der Waals surface area contributed by atoms with Crippen molar-refractivity contribution in [2.45, 2.75) is 17.6 Å². The van der Waals surface area contributed by atoms with Crippen LogP contribution < -0.4 is 5.73 Å². The second-order valence-electron chi connectivity index (χ2n) is 4.44. The van der Waals surface area contributed by atoms with Gasteiger partial charge in [-0.1, -0.05) is 12.1 Å². The Hall–Kier alpha value is -2.21. The van der Waals surface area contributed by atoms with Crippen molar-refractivity contribution < 1.29 is 9.13 Å². The highest BCUT2D eigenvalue weighted by Gasteiger charge is 2.11. The predicted octanol–water partition coefficient (Wildman–Crippen LogP) is 2.79. The topological polar surface area (TPSA) is 86.2 Å². The summed E-state index contributed by atoms with van der Waals surface area (Å²) in [7, 11) is -1.25. The molecule has 0 heterocycles. The minimum Gasteiger partial charge on any atom is -0.399 e. The number of nitro groups is 1. The van der Waals surface area contributed by atoms with Crippen molar-refractivity contribution in [1.82, 2.24) is 0 Å². The smallest absolute Gasteiger partial charge is 0.269 e. The Balaban J connectivity index is 2.23. The maximum Gasteiger partial charge on any atom is 0.269 e. The molecule has 20 heavy (non-hydrogen) atoms. The number of aryl methyl sites for hydroxylation is 1. The molecule has 0 aliphatic carbocycles. The highest BCUT2D eigenvalue weighted by atomic mass is 32.2. The zero-order chi connectivity index (χ0) is 14.7. The molecule has 0 saturated heterocycles. The minimum absolute atomic E-state index is 0.00790. The normalized spacial score (nSPS) is 12.1. The molecule has 2 rings (SSSR count). The third kappa shape index (κ3) is 3.21. The van der Waals surface area contributed by atoms with Gasteiger partial charge in [-0.25, -0.2) is 0 Å². The summed E-state index contributed by atoms with van der Waals surface area (Å²) >= 11 is 0. The molecule has 0 spiro atoms. The number of anilines is 1. The molecule has 0 saturated carbocycles. The second-order valence-corrected chi connectivity index (χ2v) is 5.86. The number of nitrogens with two attached hydrogens (primary N) is 1. The van der Waals surface area contributed by atoms with Crippen molar-refractivity contribution in [2.75, 3.05) is 5.73 Å². The van der Waals surface area contributed by atoms with Crippen LogP contribution in [0.2, 0.25) is 0 Å². The summed E-state index contributed by atoms with van der Waals surface area (Å²) < 4.78 is 12.3. The van der Waals surface area contributed by atoms with E-state index in [1.54, 1.807) is 30.3 Å². The largest absolute Gasteiger partial charge is 0.399 e. The molecule has 0 bridgehead atoms. The molecule has 6 heteroatoms. The fourth-order valence-electron chi connectivity index (χ4n) is 1.92. The molecule has 2 aromatic rings. The standard InChI is InChI=1S/C14H14N2O3S/c1-10-7-12(15)5-6-14(10)20(19)9-11-3-2-4-13(8-11)16(17)18/h2-8H,9,15H2,1H3. The van der Waals surface area contributed by atoms with E-state index in [0.717, 1.165) is 5.56 Å². The third-order valence-corrected chi connectivity index (χ3v) is 4.41. The number of nitro benzene ring substituents is 1. The average molecular weight is 290 g/mol. The number of non-ortho nitro benzene ring substituents is 1. The first-order chi connectivity index (χ1) is 9.47. The summed E-state index contributed by atoms with van der Waals surface area (Å²) in [5.74, 6) is 0.242. The Bertz CT molecular complexity index is 686. The zero-order valence-corrected chi connectivity index (χ0v) is 11.7. The first-order valence-corrected chi connectivity index (χ1v) is 7.27. The van der Waals surface area contributed by atoms with Gasteiger partial charge in [0.25, 0.3) is 5.69 Å². The predicted molar refractivity (Wildman–Crippen MR) is 78.8 cm³/mol. The van der Waals surface area contributed by atoms with Gasteiger partial charge >= 0.3 is 0 Å². The van der Waals surface area contributed by atoms with Crippen LogP contribution in [0.1, 0.15) is 11.1 Å². The number of nitrogens with zero attached hydrogens (tertiary/aromatic N) is 1. The first-order valence-electron chi connectivity index (χ1n) is 5.95. The van der Waals surface area contributed by atoms with Crippen LogP contribution in [0.3, 0.4) is 0 Å². The Morgan fingerprint density at radius 2 is 2.00 bits per heavy atom. The molecule has 2 aromatic carbocycles. The summed E-state index contributed by atoms with van der Waals surface area (Å²) in [6, 6.07) is 11.4. The average Bonchev–Trinajstić information content (AvgIpc) is 2.38. The summed E-state index contributed by atoms with van der Waals surface area (Å²) in [6.07, 6.45) is 0. The van der Waals surface area contributed by atoms with Crippen LogP contribution >= 0.6 is 0 Å². The van der Waals surface area contributed by atoms with E-state index in [1.807, 2.05) is 6.92 Å². The molecule has 1 unspecified atom stereocenters. The van der Waals surface area contributed by atoms with Gasteiger partial charge in [0.05, 0.1) is 21.5 Å². The lowest BCUT2D eigenvalue weighted by atomic mass is 10.2. The lowest BCUT2D eigenvalue weighted by Gasteiger charge is -2.07. The number of hydrogen-bond donors (Lipinski definition) is 1. The molecular weight excluding hydrogens is 276 g/mol. The van der Waals surface area contributed by atoms with Crippen LogP contribution in [0.4, 0.5) is 11.4 Å². The molecule has 104 valence electrons. The Morgan fingerprint density at radius 3 is 2.65 bits per heavy atom. The minimum atomic E-state index is -1.25. The molecular formula is C14H14N2O3S. The summed E-state index contributed by atoms with van der Waals surface area (Å²) in [6.45, 7) is 1.84. The van der Waals surface area contributed by atoms with Crippen molar-refractivity contribution in [1.29, 1.82) is 0 Å². The summed E-state index contributed by atoms with van der Waals surface area (Å²) in [5.41, 5.74) is 7.82. The van der Waals surface area contributed by atoms with E-state index in [1.165, 1.54) is 12.1 Å². The number of nitrogen functional groups attached to an aromatic ring is 1. The van der Waals surface area contributed by atoms with Crippen molar-refractivity contribution >= 4 is 22.2 Å². The molecule has 0 fully saturated rings. The molecule has 0 radical (unpaired) electrons. The highest BCUT2D eigenvalue weighted by Crippen LogP contribution is 2.21. The third-order valence-electron chi connectivity index (χ3n) is 2.86. The molecule has 0 aliphatic rings. The van der Waals surface area contributed by atoms with Gasteiger partial charge in [0.2, 0.25) is 0 Å². The van der Waals surface area contributed by atoms with Crippen LogP contribution in [0.15, 0.2) is 47.4 Å². The SMILES string of the molecule is Cc1cc(N)ccc1S(=O)Cc1cccc([N+](=O)[O-])c1. The van der Waals surface area contributed by atoms with Crippen molar-refractivity contribution in [3.8, 4) is 0 Å². The quantitative estimate of drug-likeness (QED) is 0.533. The summed E-state index contributed by atoms with van der Waals surface area (Å²) in [4.78, 5) is 11.0. The second kappa shape index (κ2) is 5.83. The Labute approximate surface area is 119 Å². The fraction of sp³-hybridized carbons (Fsp3) is 0.143. The van der Waals surface area contributed by atoms with E-state index in [-0.39, 0.29) is 11.4 Å². The Morgan fingerprint density at radius 1 is 1.25 bits per heavy atom. The van der Waals surface area contributed by atoms with Crippen LogP contribution in [0.25, 0.3) is 0 Å². The van der Waals surface area contributed by atoms with Gasteiger partial charge in [-0.15, -0.1) is 0 Å². The van der Waals surface area contributed by atoms with Gasteiger partial charge in [-0.3, -0.25) is 14.3 Å². The van der Waals surface area contributed by atoms with Gasteiger partial charge in [-0.2, -0.15) is 0 Å². The molecule has 5 nitrogen and oxygen atoms in total. The zero-order valence-electron chi connectivity index (χ0n) is 10.9. The van der Waals surface area contributed by atoms with Crippen LogP contribution in [-0.2, 0) is 16.6 Å². The number of benzene rings is 2. The van der Waals surface area contributed by atoms with E-state index in [2.05, 4.69) is 0 Å². The van der Waals surface area contributed by atoms with E-state index in [4.69, 9.17) is 5.73 Å². The molecule has 2 N–H and O–H groups in total. The van der Waals surface area contributed by atoms with Crippen LogP contribution in [-0.4, -0.2) is 9.13 Å². The van der Waals surface area contributed by atoms with E-state index in [9.17, 15) is 14.3 Å². The van der Waals surface area contributed by atoms with Crippen molar-refractivity contribution in [2.24, 2.45) is 0 Å². The number of rotatable bonds is 4. The fourth-order valence-corrected chi connectivity index (χ4v) is 3.19. The van der Waals surface area contributed by atoms with Gasteiger partial charge in [0.1, 0.15) is 0 Å². The molecule has 0 aliphatic heterocycles. The Kier molecular flexibility index (Phi) is 4.14. The van der Waals surface area contributed by atoms with E-state index < -0.39 is 15.7 Å².